The number of benzene rings is 1. The molecule has 0 radical (unpaired) electrons. The molecule has 20 heavy (non-hydrogen) atoms. The van der Waals surface area contributed by atoms with Crippen molar-refractivity contribution in [2.45, 2.75) is 17.9 Å². The average molecular weight is 290 g/mol. The van der Waals surface area contributed by atoms with Crippen LogP contribution in [0.4, 0.5) is 5.69 Å². The maximum atomic E-state index is 11.3. The zero-order chi connectivity index (χ0) is 14.4. The lowest BCUT2D eigenvalue weighted by Crippen LogP contribution is -2.05. The van der Waals surface area contributed by atoms with Crippen molar-refractivity contribution in [3.63, 3.8) is 0 Å². The molecule has 2 aromatic rings. The second-order valence-corrected chi connectivity index (χ2v) is 6.64. The molecule has 0 bridgehead atoms. The van der Waals surface area contributed by atoms with Crippen molar-refractivity contribution >= 4 is 15.5 Å². The predicted molar refractivity (Wildman–Crippen MR) is 80.6 cm³/mol. The van der Waals surface area contributed by atoms with Crippen molar-refractivity contribution in [3.05, 3.63) is 54.2 Å². The predicted octanol–water partition coefficient (Wildman–Crippen LogP) is 2.53. The van der Waals surface area contributed by atoms with Crippen LogP contribution in [0.25, 0.3) is 0 Å². The summed E-state index contributed by atoms with van der Waals surface area (Å²) in [5, 5.41) is 3.34. The summed E-state index contributed by atoms with van der Waals surface area (Å²) in [7, 11) is -3.22. The van der Waals surface area contributed by atoms with Gasteiger partial charge in [-0.05, 0) is 30.5 Å². The highest BCUT2D eigenvalue weighted by atomic mass is 32.2. The molecule has 0 fully saturated rings. The monoisotopic (exact) mass is 290 g/mol. The number of rotatable bonds is 6. The Morgan fingerprint density at radius 2 is 1.85 bits per heavy atom. The topological polar surface area (TPSA) is 59.1 Å². The normalized spacial score (nSPS) is 11.2. The summed E-state index contributed by atoms with van der Waals surface area (Å²) in [6.07, 6.45) is 4.74. The number of aryl methyl sites for hydroxylation is 1. The highest BCUT2D eigenvalue weighted by molar-refractivity contribution is 7.90. The average Bonchev–Trinajstić information content (AvgIpc) is 2.44. The Kier molecular flexibility index (Phi) is 4.74. The van der Waals surface area contributed by atoms with Gasteiger partial charge >= 0.3 is 0 Å². The Morgan fingerprint density at radius 3 is 2.45 bits per heavy atom. The molecule has 0 aliphatic rings. The molecule has 5 heteroatoms. The number of anilines is 1. The fourth-order valence-corrected chi connectivity index (χ4v) is 2.43. The first-order valence-corrected chi connectivity index (χ1v) is 8.39. The van der Waals surface area contributed by atoms with E-state index < -0.39 is 9.84 Å². The van der Waals surface area contributed by atoms with Crippen LogP contribution < -0.4 is 5.32 Å². The molecule has 0 aliphatic heterocycles. The molecule has 0 saturated carbocycles. The molecule has 0 atom stereocenters. The number of aromatic nitrogens is 1. The van der Waals surface area contributed by atoms with E-state index in [2.05, 4.69) is 22.4 Å². The Morgan fingerprint density at radius 1 is 1.10 bits per heavy atom. The van der Waals surface area contributed by atoms with E-state index in [0.717, 1.165) is 31.3 Å². The molecule has 1 aromatic heterocycles. The largest absolute Gasteiger partial charge is 0.384 e. The van der Waals surface area contributed by atoms with Crippen LogP contribution in [0, 0.1) is 0 Å². The summed E-state index contributed by atoms with van der Waals surface area (Å²) in [5.41, 5.74) is 2.16. The Bertz CT molecular complexity index is 637. The van der Waals surface area contributed by atoms with Crippen LogP contribution >= 0.6 is 0 Å². The van der Waals surface area contributed by atoms with Crippen LogP contribution in [0.2, 0.25) is 0 Å². The molecule has 0 unspecified atom stereocenters. The molecule has 1 N–H and O–H groups in total. The molecule has 1 heterocycles. The number of sulfone groups is 1. The van der Waals surface area contributed by atoms with Crippen LogP contribution in [-0.4, -0.2) is 26.2 Å². The maximum Gasteiger partial charge on any atom is 0.192 e. The first kappa shape index (κ1) is 14.5. The molecular weight excluding hydrogens is 272 g/mol. The van der Waals surface area contributed by atoms with E-state index >= 15 is 0 Å². The third kappa shape index (κ3) is 4.35. The molecule has 0 amide bonds. The first-order chi connectivity index (χ1) is 9.55. The van der Waals surface area contributed by atoms with E-state index in [1.54, 1.807) is 12.3 Å². The van der Waals surface area contributed by atoms with E-state index in [9.17, 15) is 8.42 Å². The second-order valence-electron chi connectivity index (χ2n) is 4.67. The maximum absolute atomic E-state index is 11.3. The van der Waals surface area contributed by atoms with Gasteiger partial charge in [0.05, 0.1) is 11.9 Å². The van der Waals surface area contributed by atoms with Crippen LogP contribution in [-0.2, 0) is 16.3 Å². The first-order valence-electron chi connectivity index (χ1n) is 6.49. The minimum atomic E-state index is -3.22. The summed E-state index contributed by atoms with van der Waals surface area (Å²) in [5.74, 6) is 0. The van der Waals surface area contributed by atoms with Gasteiger partial charge in [0.15, 0.2) is 14.9 Å². The molecule has 0 aliphatic carbocycles. The number of pyridine rings is 1. The minimum absolute atomic E-state index is 0.104. The van der Waals surface area contributed by atoms with Gasteiger partial charge in [-0.15, -0.1) is 0 Å². The van der Waals surface area contributed by atoms with Gasteiger partial charge in [-0.2, -0.15) is 0 Å². The smallest absolute Gasteiger partial charge is 0.192 e. The van der Waals surface area contributed by atoms with E-state index in [-0.39, 0.29) is 5.03 Å². The van der Waals surface area contributed by atoms with Crippen LogP contribution in [0.3, 0.4) is 0 Å². The Hall–Kier alpha value is -1.88. The highest BCUT2D eigenvalue weighted by Gasteiger charge is 2.07. The molecule has 2 rings (SSSR count). The standard InChI is InChI=1S/C15H18N2O2S/c1-20(18,19)15-10-9-14(12-17-15)16-11-5-8-13-6-3-2-4-7-13/h2-4,6-7,9-10,12,16H,5,8,11H2,1H3. The lowest BCUT2D eigenvalue weighted by molar-refractivity contribution is 0.598. The zero-order valence-corrected chi connectivity index (χ0v) is 12.2. The molecule has 0 spiro atoms. The molecule has 106 valence electrons. The van der Waals surface area contributed by atoms with Gasteiger partial charge in [-0.25, -0.2) is 13.4 Å². The molecule has 1 aromatic carbocycles. The van der Waals surface area contributed by atoms with E-state index in [1.165, 1.54) is 11.6 Å². The number of nitrogens with one attached hydrogen (secondary N) is 1. The van der Waals surface area contributed by atoms with Crippen LogP contribution in [0.15, 0.2) is 53.7 Å². The van der Waals surface area contributed by atoms with Gasteiger partial charge in [0.25, 0.3) is 0 Å². The Balaban J connectivity index is 1.80. The van der Waals surface area contributed by atoms with E-state index in [4.69, 9.17) is 0 Å². The third-order valence-electron chi connectivity index (χ3n) is 2.93. The van der Waals surface area contributed by atoms with E-state index in [1.807, 2.05) is 18.2 Å². The summed E-state index contributed by atoms with van der Waals surface area (Å²) >= 11 is 0. The summed E-state index contributed by atoms with van der Waals surface area (Å²) in [4.78, 5) is 3.94. The second kappa shape index (κ2) is 6.52. The van der Waals surface area contributed by atoms with Crippen molar-refractivity contribution < 1.29 is 8.42 Å². The lowest BCUT2D eigenvalue weighted by atomic mass is 10.1. The molecular formula is C15H18N2O2S. The van der Waals surface area contributed by atoms with Gasteiger partial charge in [0.1, 0.15) is 0 Å². The Labute approximate surface area is 119 Å². The molecule has 4 nitrogen and oxygen atoms in total. The van der Waals surface area contributed by atoms with Crippen LogP contribution in [0.5, 0.6) is 0 Å². The van der Waals surface area contributed by atoms with Crippen molar-refractivity contribution in [3.8, 4) is 0 Å². The van der Waals surface area contributed by atoms with Crippen molar-refractivity contribution in [2.24, 2.45) is 0 Å². The zero-order valence-electron chi connectivity index (χ0n) is 11.4. The SMILES string of the molecule is CS(=O)(=O)c1ccc(NCCCc2ccccc2)cn1. The minimum Gasteiger partial charge on any atom is -0.384 e. The van der Waals surface area contributed by atoms with E-state index in [0.29, 0.717) is 0 Å². The summed E-state index contributed by atoms with van der Waals surface area (Å²) < 4.78 is 22.6. The lowest BCUT2D eigenvalue weighted by Gasteiger charge is -2.06. The summed E-state index contributed by atoms with van der Waals surface area (Å²) in [6, 6.07) is 13.6. The summed E-state index contributed by atoms with van der Waals surface area (Å²) in [6.45, 7) is 0.828. The molecule has 0 saturated heterocycles. The van der Waals surface area contributed by atoms with Gasteiger partial charge in [0, 0.05) is 12.8 Å². The van der Waals surface area contributed by atoms with Crippen molar-refractivity contribution in [1.29, 1.82) is 0 Å². The van der Waals surface area contributed by atoms with Gasteiger partial charge < -0.3 is 5.32 Å². The third-order valence-corrected chi connectivity index (χ3v) is 3.93. The highest BCUT2D eigenvalue weighted by Crippen LogP contribution is 2.10. The number of hydrogen-bond acceptors (Lipinski definition) is 4. The fourth-order valence-electron chi connectivity index (χ4n) is 1.87. The van der Waals surface area contributed by atoms with Crippen LogP contribution in [0.1, 0.15) is 12.0 Å². The van der Waals surface area contributed by atoms with Crippen molar-refractivity contribution in [2.75, 3.05) is 18.1 Å². The van der Waals surface area contributed by atoms with Crippen molar-refractivity contribution in [1.82, 2.24) is 4.98 Å². The quantitative estimate of drug-likeness (QED) is 0.831. The van der Waals surface area contributed by atoms with Gasteiger partial charge in [-0.3, -0.25) is 0 Å². The van der Waals surface area contributed by atoms with Gasteiger partial charge in [-0.1, -0.05) is 30.3 Å². The number of hydrogen-bond donors (Lipinski definition) is 1. The number of nitrogens with zero attached hydrogens (tertiary/aromatic N) is 1. The fraction of sp³-hybridized carbons (Fsp3) is 0.267. The van der Waals surface area contributed by atoms with Gasteiger partial charge in [0.2, 0.25) is 0 Å².